The molecule has 1 aliphatic rings. The van der Waals surface area contributed by atoms with Crippen LogP contribution in [-0.4, -0.2) is 48.6 Å². The lowest BCUT2D eigenvalue weighted by atomic mass is 9.98. The molecule has 0 fully saturated rings. The zero-order chi connectivity index (χ0) is 21.2. The van der Waals surface area contributed by atoms with Crippen LogP contribution in [0, 0.1) is 0 Å². The smallest absolute Gasteiger partial charge is 0.334 e. The van der Waals surface area contributed by atoms with Crippen LogP contribution in [0.4, 0.5) is 8.78 Å². The average Bonchev–Trinajstić information content (AvgIpc) is 2.62. The molecule has 8 heteroatoms. The van der Waals surface area contributed by atoms with Gasteiger partial charge < -0.3 is 14.2 Å². The third-order valence-electron chi connectivity index (χ3n) is 4.40. The van der Waals surface area contributed by atoms with Gasteiger partial charge in [0, 0.05) is 20.3 Å². The number of esters is 2. The first-order valence-electron chi connectivity index (χ1n) is 9.74. The predicted molar refractivity (Wildman–Crippen MR) is 97.9 cm³/mol. The Morgan fingerprint density at radius 3 is 2.25 bits per heavy atom. The number of ether oxygens (including phenoxy) is 3. The molecule has 1 aliphatic heterocycles. The summed E-state index contributed by atoms with van der Waals surface area (Å²) in [5.74, 6) is -6.15. The number of ketones is 1. The maximum atomic E-state index is 14.6. The highest BCUT2D eigenvalue weighted by molar-refractivity contribution is 5.86. The van der Waals surface area contributed by atoms with Gasteiger partial charge in [-0.25, -0.2) is 0 Å². The number of halogens is 2. The summed E-state index contributed by atoms with van der Waals surface area (Å²) in [5, 5.41) is 0. The van der Waals surface area contributed by atoms with Crippen molar-refractivity contribution >= 4 is 17.7 Å². The van der Waals surface area contributed by atoms with Crippen molar-refractivity contribution in [2.24, 2.45) is 0 Å². The third-order valence-corrected chi connectivity index (χ3v) is 4.40. The Morgan fingerprint density at radius 2 is 1.64 bits per heavy atom. The molecule has 0 aromatic carbocycles. The van der Waals surface area contributed by atoms with E-state index in [9.17, 15) is 23.2 Å². The van der Waals surface area contributed by atoms with E-state index in [1.54, 1.807) is 0 Å². The third kappa shape index (κ3) is 8.04. The molecule has 160 valence electrons. The van der Waals surface area contributed by atoms with Crippen molar-refractivity contribution in [2.45, 2.75) is 90.0 Å². The maximum Gasteiger partial charge on any atom is 0.334 e. The molecule has 28 heavy (non-hydrogen) atoms. The highest BCUT2D eigenvalue weighted by Gasteiger charge is 2.49. The number of Topliss-reactive ketones (excluding diaryl/α,β-unsaturated/α-hetero) is 1. The van der Waals surface area contributed by atoms with Gasteiger partial charge in [-0.15, -0.1) is 0 Å². The van der Waals surface area contributed by atoms with E-state index in [0.29, 0.717) is 6.42 Å². The fourth-order valence-electron chi connectivity index (χ4n) is 2.88. The Balaban J connectivity index is 2.68. The largest absolute Gasteiger partial charge is 0.463 e. The van der Waals surface area contributed by atoms with Crippen LogP contribution in [0.1, 0.15) is 65.7 Å². The van der Waals surface area contributed by atoms with Crippen molar-refractivity contribution in [3.8, 4) is 0 Å². The van der Waals surface area contributed by atoms with Crippen LogP contribution in [-0.2, 0) is 28.6 Å². The van der Waals surface area contributed by atoms with E-state index >= 15 is 0 Å². The van der Waals surface area contributed by atoms with Crippen LogP contribution in [0.15, 0.2) is 12.2 Å². The van der Waals surface area contributed by atoms with Gasteiger partial charge in [0.25, 0.3) is 0 Å². The van der Waals surface area contributed by atoms with E-state index < -0.39 is 42.0 Å². The monoisotopic (exact) mass is 404 g/mol. The zero-order valence-corrected chi connectivity index (χ0v) is 16.7. The van der Waals surface area contributed by atoms with Gasteiger partial charge in [-0.1, -0.05) is 39.0 Å². The van der Waals surface area contributed by atoms with Gasteiger partial charge in [0.1, 0.15) is 24.9 Å². The minimum absolute atomic E-state index is 0.227. The molecule has 0 N–H and O–H groups in total. The minimum Gasteiger partial charge on any atom is -0.463 e. The van der Waals surface area contributed by atoms with Gasteiger partial charge >= 0.3 is 17.9 Å². The Hall–Kier alpha value is -1.83. The second-order valence-electron chi connectivity index (χ2n) is 6.92. The second kappa shape index (κ2) is 11.9. The Labute approximate surface area is 164 Å². The molecule has 0 radical (unpaired) electrons. The minimum atomic E-state index is -3.71. The molecule has 0 unspecified atom stereocenters. The molecule has 6 nitrogen and oxygen atoms in total. The van der Waals surface area contributed by atoms with Crippen molar-refractivity contribution in [2.75, 3.05) is 6.61 Å². The van der Waals surface area contributed by atoms with E-state index in [4.69, 9.17) is 14.2 Å². The van der Waals surface area contributed by atoms with Crippen molar-refractivity contribution in [3.63, 3.8) is 0 Å². The van der Waals surface area contributed by atoms with Crippen LogP contribution in [0.2, 0.25) is 0 Å². The number of rotatable bonds is 12. The van der Waals surface area contributed by atoms with Crippen LogP contribution in [0.5, 0.6) is 0 Å². The van der Waals surface area contributed by atoms with E-state index in [0.717, 1.165) is 45.1 Å². The van der Waals surface area contributed by atoms with Gasteiger partial charge in [-0.2, -0.15) is 8.78 Å². The molecule has 0 saturated heterocycles. The summed E-state index contributed by atoms with van der Waals surface area (Å²) < 4.78 is 44.2. The fraction of sp³-hybridized carbons (Fsp3) is 0.750. The summed E-state index contributed by atoms with van der Waals surface area (Å²) in [4.78, 5) is 34.2. The van der Waals surface area contributed by atoms with Gasteiger partial charge in [-0.05, 0) is 18.6 Å². The van der Waals surface area contributed by atoms with Gasteiger partial charge in [0.15, 0.2) is 0 Å². The maximum absolute atomic E-state index is 14.6. The van der Waals surface area contributed by atoms with Crippen molar-refractivity contribution in [3.05, 3.63) is 12.2 Å². The van der Waals surface area contributed by atoms with Gasteiger partial charge in [0.05, 0.1) is 0 Å². The number of unbranched alkanes of at least 4 members (excludes halogenated alkanes) is 5. The lowest BCUT2D eigenvalue weighted by Crippen LogP contribution is -2.50. The molecule has 0 amide bonds. The van der Waals surface area contributed by atoms with Gasteiger partial charge in [-0.3, -0.25) is 14.4 Å². The summed E-state index contributed by atoms with van der Waals surface area (Å²) in [6, 6.07) is 0. The summed E-state index contributed by atoms with van der Waals surface area (Å²) in [6.45, 7) is 4.05. The second-order valence-corrected chi connectivity index (χ2v) is 6.92. The highest BCUT2D eigenvalue weighted by atomic mass is 19.3. The SMILES string of the molecule is CCCCCCCCC(=O)C(F)(F)[C@@H]1C=C[C@H](OC(C)=O)[C@@H](COC(C)=O)O1. The standard InChI is InChI=1S/C20H30F2O6/c1-4-5-6-7-8-9-10-18(25)20(21,22)19-12-11-16(27-15(3)24)17(28-19)13-26-14(2)23/h11-12,16-17,19H,4-10,13H2,1-3H3/t16-,17+,19-/m0/s1. The number of hydrogen-bond donors (Lipinski definition) is 0. The van der Waals surface area contributed by atoms with E-state index in [-0.39, 0.29) is 13.0 Å². The molecule has 3 atom stereocenters. The average molecular weight is 404 g/mol. The summed E-state index contributed by atoms with van der Waals surface area (Å²) >= 11 is 0. The van der Waals surface area contributed by atoms with Crippen LogP contribution >= 0.6 is 0 Å². The zero-order valence-electron chi connectivity index (χ0n) is 16.7. The number of carbonyl (C=O) groups is 3. The molecule has 1 rings (SSSR count). The molecule has 0 aliphatic carbocycles. The first kappa shape index (κ1) is 24.2. The fourth-order valence-corrected chi connectivity index (χ4v) is 2.88. The highest BCUT2D eigenvalue weighted by Crippen LogP contribution is 2.31. The first-order chi connectivity index (χ1) is 13.2. The van der Waals surface area contributed by atoms with E-state index in [1.807, 2.05) is 0 Å². The lowest BCUT2D eigenvalue weighted by molar-refractivity contribution is -0.192. The van der Waals surface area contributed by atoms with Crippen LogP contribution < -0.4 is 0 Å². The van der Waals surface area contributed by atoms with Crippen molar-refractivity contribution < 1.29 is 37.4 Å². The topological polar surface area (TPSA) is 78.9 Å². The summed E-state index contributed by atoms with van der Waals surface area (Å²) in [5.41, 5.74) is 0. The lowest BCUT2D eigenvalue weighted by Gasteiger charge is -2.34. The van der Waals surface area contributed by atoms with Crippen LogP contribution in [0.25, 0.3) is 0 Å². The molecular formula is C20H30F2O6. The Morgan fingerprint density at radius 1 is 1.00 bits per heavy atom. The van der Waals surface area contributed by atoms with Gasteiger partial charge in [0.2, 0.25) is 5.78 Å². The van der Waals surface area contributed by atoms with E-state index in [1.165, 1.54) is 13.0 Å². The number of alkyl halides is 2. The van der Waals surface area contributed by atoms with Crippen molar-refractivity contribution in [1.29, 1.82) is 0 Å². The molecule has 0 bridgehead atoms. The Bertz CT molecular complexity index is 561. The molecule has 0 saturated carbocycles. The molecule has 0 aromatic rings. The Kier molecular flexibility index (Phi) is 10.3. The van der Waals surface area contributed by atoms with Crippen LogP contribution in [0.3, 0.4) is 0 Å². The van der Waals surface area contributed by atoms with Crippen molar-refractivity contribution in [1.82, 2.24) is 0 Å². The predicted octanol–water partition coefficient (Wildman–Crippen LogP) is 3.76. The molecule has 0 spiro atoms. The first-order valence-corrected chi connectivity index (χ1v) is 9.74. The number of hydrogen-bond acceptors (Lipinski definition) is 6. The summed E-state index contributed by atoms with van der Waals surface area (Å²) in [7, 11) is 0. The quantitative estimate of drug-likeness (QED) is 0.280. The molecular weight excluding hydrogens is 374 g/mol. The summed E-state index contributed by atoms with van der Waals surface area (Å²) in [6.07, 6.45) is 3.42. The normalized spacial score (nSPS) is 22.0. The van der Waals surface area contributed by atoms with E-state index in [2.05, 4.69) is 6.92 Å². The molecule has 1 heterocycles. The number of carbonyl (C=O) groups excluding carboxylic acids is 3. The molecule has 0 aromatic heterocycles.